The van der Waals surface area contributed by atoms with Crippen molar-refractivity contribution in [2.45, 2.75) is 49.3 Å². The highest BCUT2D eigenvalue weighted by molar-refractivity contribution is 7.90. The summed E-state index contributed by atoms with van der Waals surface area (Å²) < 4.78 is 73.7. The molecule has 0 bridgehead atoms. The van der Waals surface area contributed by atoms with Crippen molar-refractivity contribution in [1.82, 2.24) is 9.44 Å². The molecule has 0 aromatic heterocycles. The second-order valence-corrected chi connectivity index (χ2v) is 12.0. The van der Waals surface area contributed by atoms with Crippen LogP contribution in [0.1, 0.15) is 66.6 Å². The Morgan fingerprint density at radius 3 is 2.14 bits per heavy atom. The van der Waals surface area contributed by atoms with E-state index in [0.717, 1.165) is 32.4 Å². The lowest BCUT2D eigenvalue weighted by atomic mass is 9.90. The number of urea groups is 1. The third-order valence-corrected chi connectivity index (χ3v) is 8.14. The van der Waals surface area contributed by atoms with E-state index in [1.165, 1.54) is 6.07 Å². The average Bonchev–Trinajstić information content (AvgIpc) is 2.82. The van der Waals surface area contributed by atoms with Gasteiger partial charge in [-0.2, -0.15) is 5.26 Å². The van der Waals surface area contributed by atoms with E-state index in [2.05, 4.69) is 10.1 Å². The standard InChI is InChI=1S/C23H27FN4O7S2/c1-12(2)16-9-14(11-25)20(24)19(13(3)4)21(16)27-23(30)28-37(33,34)18-8-7-15(36(31,32)26-5)10-17(18)22(29)35-6/h7-10,12-13,26H,1-6H3,(H2,27,28,30). The second-order valence-electron chi connectivity index (χ2n) is 8.45. The number of methoxy groups -OCH3 is 1. The van der Waals surface area contributed by atoms with E-state index in [1.807, 2.05) is 4.72 Å². The van der Waals surface area contributed by atoms with Crippen LogP contribution < -0.4 is 14.8 Å². The molecule has 0 atom stereocenters. The number of carbonyl (C=O) groups is 2. The number of sulfonamides is 2. The number of anilines is 1. The molecule has 0 aliphatic heterocycles. The van der Waals surface area contributed by atoms with Gasteiger partial charge in [0.25, 0.3) is 10.0 Å². The van der Waals surface area contributed by atoms with Crippen LogP contribution in [0.2, 0.25) is 0 Å². The van der Waals surface area contributed by atoms with E-state index < -0.39 is 59.1 Å². The van der Waals surface area contributed by atoms with Gasteiger partial charge in [-0.05, 0) is 48.7 Å². The molecule has 0 heterocycles. The molecule has 0 radical (unpaired) electrons. The predicted molar refractivity (Wildman–Crippen MR) is 133 cm³/mol. The first-order valence-corrected chi connectivity index (χ1v) is 13.8. The quantitative estimate of drug-likeness (QED) is 0.418. The van der Waals surface area contributed by atoms with E-state index in [9.17, 15) is 31.7 Å². The van der Waals surface area contributed by atoms with Crippen molar-refractivity contribution in [3.8, 4) is 6.07 Å². The van der Waals surface area contributed by atoms with Crippen molar-refractivity contribution in [3.63, 3.8) is 0 Å². The van der Waals surface area contributed by atoms with Gasteiger partial charge in [0.15, 0.2) is 0 Å². The molecule has 2 amide bonds. The topological polar surface area (TPSA) is 172 Å². The minimum atomic E-state index is -4.75. The number of hydrogen-bond acceptors (Lipinski definition) is 8. The van der Waals surface area contributed by atoms with Crippen molar-refractivity contribution in [2.24, 2.45) is 0 Å². The normalized spacial score (nSPS) is 11.8. The molecule has 0 spiro atoms. The first-order valence-electron chi connectivity index (χ1n) is 10.9. The number of benzene rings is 2. The van der Waals surface area contributed by atoms with Crippen molar-refractivity contribution >= 4 is 37.7 Å². The van der Waals surface area contributed by atoms with Gasteiger partial charge in [0, 0.05) is 5.56 Å². The first kappa shape index (κ1) is 29.7. The average molecular weight is 555 g/mol. The van der Waals surface area contributed by atoms with Crippen molar-refractivity contribution < 1.29 is 35.6 Å². The largest absolute Gasteiger partial charge is 0.465 e. The summed E-state index contributed by atoms with van der Waals surface area (Å²) in [6.07, 6.45) is 0. The van der Waals surface area contributed by atoms with Crippen LogP contribution in [0.5, 0.6) is 0 Å². The molecular weight excluding hydrogens is 527 g/mol. The van der Waals surface area contributed by atoms with Crippen LogP contribution in [-0.4, -0.2) is 43.0 Å². The fourth-order valence-corrected chi connectivity index (χ4v) is 5.37. The molecular formula is C23H27FN4O7S2. The lowest BCUT2D eigenvalue weighted by molar-refractivity contribution is 0.0596. The number of rotatable bonds is 8. The van der Waals surface area contributed by atoms with Crippen LogP contribution in [-0.2, 0) is 24.8 Å². The minimum absolute atomic E-state index is 0.0119. The molecule has 0 fully saturated rings. The SMILES string of the molecule is CNS(=O)(=O)c1ccc(S(=O)(=O)NC(=O)Nc2c(C(C)C)cc(C#N)c(F)c2C(C)C)c(C(=O)OC)c1. The molecule has 3 N–H and O–H groups in total. The fraction of sp³-hybridized carbons (Fsp3) is 0.348. The predicted octanol–water partition coefficient (Wildman–Crippen LogP) is 3.15. The van der Waals surface area contributed by atoms with Gasteiger partial charge in [0.05, 0.1) is 28.8 Å². The highest BCUT2D eigenvalue weighted by atomic mass is 32.2. The molecule has 0 saturated carbocycles. The zero-order chi connectivity index (χ0) is 28.3. The lowest BCUT2D eigenvalue weighted by Gasteiger charge is -2.22. The zero-order valence-corrected chi connectivity index (χ0v) is 22.6. The van der Waals surface area contributed by atoms with Gasteiger partial charge in [-0.25, -0.2) is 40.3 Å². The second kappa shape index (κ2) is 11.2. The Morgan fingerprint density at radius 1 is 1.03 bits per heavy atom. The summed E-state index contributed by atoms with van der Waals surface area (Å²) in [5, 5.41) is 11.7. The third-order valence-electron chi connectivity index (χ3n) is 5.34. The summed E-state index contributed by atoms with van der Waals surface area (Å²) >= 11 is 0. The van der Waals surface area contributed by atoms with E-state index >= 15 is 4.39 Å². The summed E-state index contributed by atoms with van der Waals surface area (Å²) in [6, 6.07) is 4.37. The molecule has 14 heteroatoms. The van der Waals surface area contributed by atoms with Gasteiger partial charge < -0.3 is 10.1 Å². The molecule has 0 saturated heterocycles. The van der Waals surface area contributed by atoms with Crippen LogP contribution in [0.4, 0.5) is 14.9 Å². The first-order chi connectivity index (χ1) is 17.1. The van der Waals surface area contributed by atoms with Gasteiger partial charge in [-0.1, -0.05) is 27.7 Å². The minimum Gasteiger partial charge on any atom is -0.465 e. The number of nitrogens with one attached hydrogen (secondary N) is 3. The van der Waals surface area contributed by atoms with Crippen molar-refractivity contribution in [2.75, 3.05) is 19.5 Å². The van der Waals surface area contributed by atoms with Crippen molar-refractivity contribution in [3.05, 3.63) is 52.3 Å². The van der Waals surface area contributed by atoms with E-state index in [1.54, 1.807) is 38.5 Å². The number of nitrogens with zero attached hydrogens (tertiary/aromatic N) is 1. The van der Waals surface area contributed by atoms with Crippen LogP contribution in [0.15, 0.2) is 34.1 Å². The highest BCUT2D eigenvalue weighted by Crippen LogP contribution is 2.36. The molecule has 0 aliphatic carbocycles. The summed E-state index contributed by atoms with van der Waals surface area (Å²) in [5.74, 6) is -2.75. The summed E-state index contributed by atoms with van der Waals surface area (Å²) in [4.78, 5) is 24.0. The number of hydrogen-bond donors (Lipinski definition) is 3. The van der Waals surface area contributed by atoms with Gasteiger partial charge in [0.1, 0.15) is 16.8 Å². The molecule has 2 rings (SSSR count). The smallest absolute Gasteiger partial charge is 0.339 e. The Morgan fingerprint density at radius 2 is 1.65 bits per heavy atom. The number of nitriles is 1. The van der Waals surface area contributed by atoms with Gasteiger partial charge in [-0.15, -0.1) is 0 Å². The molecule has 2 aromatic carbocycles. The maximum Gasteiger partial charge on any atom is 0.339 e. The number of esters is 1. The zero-order valence-electron chi connectivity index (χ0n) is 21.0. The number of amides is 2. The molecule has 200 valence electrons. The van der Waals surface area contributed by atoms with E-state index in [-0.39, 0.29) is 22.7 Å². The van der Waals surface area contributed by atoms with Crippen LogP contribution in [0.25, 0.3) is 0 Å². The van der Waals surface area contributed by atoms with Crippen LogP contribution in [0.3, 0.4) is 0 Å². The Balaban J connectivity index is 2.58. The third kappa shape index (κ3) is 6.24. The number of carbonyl (C=O) groups excluding carboxylic acids is 2. The summed E-state index contributed by atoms with van der Waals surface area (Å²) in [5.41, 5.74) is -0.407. The Bertz CT molecular complexity index is 1500. The molecule has 2 aromatic rings. The van der Waals surface area contributed by atoms with Gasteiger partial charge in [0.2, 0.25) is 10.0 Å². The Hall–Kier alpha value is -3.54. The molecule has 11 nitrogen and oxygen atoms in total. The van der Waals surface area contributed by atoms with Crippen molar-refractivity contribution in [1.29, 1.82) is 5.26 Å². The number of halogens is 1. The highest BCUT2D eigenvalue weighted by Gasteiger charge is 2.29. The Kier molecular flexibility index (Phi) is 9.02. The fourth-order valence-electron chi connectivity index (χ4n) is 3.53. The van der Waals surface area contributed by atoms with E-state index in [4.69, 9.17) is 0 Å². The molecule has 37 heavy (non-hydrogen) atoms. The van der Waals surface area contributed by atoms with Gasteiger partial charge >= 0.3 is 12.0 Å². The van der Waals surface area contributed by atoms with Crippen LogP contribution >= 0.6 is 0 Å². The molecule has 0 unspecified atom stereocenters. The van der Waals surface area contributed by atoms with Crippen LogP contribution in [0, 0.1) is 17.1 Å². The summed E-state index contributed by atoms with van der Waals surface area (Å²) in [6.45, 7) is 6.79. The molecule has 0 aliphatic rings. The monoisotopic (exact) mass is 554 g/mol. The summed E-state index contributed by atoms with van der Waals surface area (Å²) in [7, 11) is -6.68. The maximum absolute atomic E-state index is 15.0. The number of ether oxygens (including phenoxy) is 1. The van der Waals surface area contributed by atoms with E-state index in [0.29, 0.717) is 5.56 Å². The Labute approximate surface area is 215 Å². The lowest BCUT2D eigenvalue weighted by Crippen LogP contribution is -2.36. The maximum atomic E-state index is 15.0. The van der Waals surface area contributed by atoms with Gasteiger partial charge in [-0.3, -0.25) is 0 Å².